The molecule has 1 saturated carbocycles. The maximum Gasteiger partial charge on any atom is 0.329 e. The summed E-state index contributed by atoms with van der Waals surface area (Å²) in [6.45, 7) is 0.123. The largest absolute Gasteiger partial charge is 0.480 e. The van der Waals surface area contributed by atoms with Gasteiger partial charge in [0.1, 0.15) is 5.54 Å². The van der Waals surface area contributed by atoms with Crippen molar-refractivity contribution < 1.29 is 23.1 Å². The van der Waals surface area contributed by atoms with E-state index in [2.05, 4.69) is 10.6 Å². The summed E-state index contributed by atoms with van der Waals surface area (Å²) in [4.78, 5) is 23.0. The summed E-state index contributed by atoms with van der Waals surface area (Å²) in [5.41, 5.74) is -1.21. The van der Waals surface area contributed by atoms with Gasteiger partial charge in [0.25, 0.3) is 0 Å². The van der Waals surface area contributed by atoms with Gasteiger partial charge in [-0.15, -0.1) is 0 Å². The molecule has 0 radical (unpaired) electrons. The van der Waals surface area contributed by atoms with Gasteiger partial charge in [-0.2, -0.15) is 0 Å². The molecular formula is C11H21N3O5S. The molecule has 116 valence electrons. The predicted octanol–water partition coefficient (Wildman–Crippen LogP) is -0.248. The maximum absolute atomic E-state index is 11.7. The molecule has 9 heteroatoms. The summed E-state index contributed by atoms with van der Waals surface area (Å²) in [6.07, 6.45) is 3.49. The minimum absolute atomic E-state index is 0.123. The number of hydrogen-bond donors (Lipinski definition) is 4. The lowest BCUT2D eigenvalue weighted by molar-refractivity contribution is -0.145. The molecule has 0 spiro atoms. The van der Waals surface area contributed by atoms with Crippen LogP contribution in [0.15, 0.2) is 0 Å². The molecule has 1 rings (SSSR count). The van der Waals surface area contributed by atoms with E-state index in [1.165, 1.54) is 0 Å². The van der Waals surface area contributed by atoms with Crippen LogP contribution in [0.4, 0.5) is 4.79 Å². The van der Waals surface area contributed by atoms with E-state index < -0.39 is 27.6 Å². The van der Waals surface area contributed by atoms with E-state index in [1.807, 2.05) is 0 Å². The van der Waals surface area contributed by atoms with Crippen LogP contribution in [0.3, 0.4) is 0 Å². The molecular weight excluding hydrogens is 286 g/mol. The van der Waals surface area contributed by atoms with Crippen molar-refractivity contribution in [3.05, 3.63) is 0 Å². The first kappa shape index (κ1) is 16.7. The zero-order valence-corrected chi connectivity index (χ0v) is 12.0. The van der Waals surface area contributed by atoms with Crippen LogP contribution in [0.2, 0.25) is 0 Å². The molecule has 0 aromatic heterocycles. The van der Waals surface area contributed by atoms with E-state index in [0.717, 1.165) is 19.3 Å². The van der Waals surface area contributed by atoms with E-state index in [0.29, 0.717) is 12.8 Å². The van der Waals surface area contributed by atoms with Gasteiger partial charge in [-0.1, -0.05) is 19.3 Å². The minimum Gasteiger partial charge on any atom is -0.480 e. The van der Waals surface area contributed by atoms with Crippen LogP contribution in [-0.4, -0.2) is 43.4 Å². The van der Waals surface area contributed by atoms with Crippen molar-refractivity contribution in [1.29, 1.82) is 0 Å². The molecule has 1 aliphatic carbocycles. The minimum atomic E-state index is -3.54. The number of rotatable bonds is 6. The zero-order valence-electron chi connectivity index (χ0n) is 11.2. The second-order valence-electron chi connectivity index (χ2n) is 5.05. The molecule has 1 aliphatic rings. The van der Waals surface area contributed by atoms with Gasteiger partial charge in [0.05, 0.1) is 5.75 Å². The molecule has 8 nitrogen and oxygen atoms in total. The lowest BCUT2D eigenvalue weighted by Gasteiger charge is -2.33. The topological polar surface area (TPSA) is 139 Å². The Morgan fingerprint density at radius 2 is 1.80 bits per heavy atom. The van der Waals surface area contributed by atoms with E-state index in [1.54, 1.807) is 0 Å². The summed E-state index contributed by atoms with van der Waals surface area (Å²) in [6, 6.07) is -0.594. The van der Waals surface area contributed by atoms with E-state index in [-0.39, 0.29) is 18.7 Å². The van der Waals surface area contributed by atoms with Crippen molar-refractivity contribution >= 4 is 22.0 Å². The second kappa shape index (κ2) is 6.89. The normalized spacial score (nSPS) is 18.2. The Labute approximate surface area is 118 Å². The third-order valence-electron chi connectivity index (χ3n) is 3.36. The molecule has 2 amide bonds. The fraction of sp³-hybridized carbons (Fsp3) is 0.818. The van der Waals surface area contributed by atoms with Gasteiger partial charge in [0.15, 0.2) is 0 Å². The van der Waals surface area contributed by atoms with Gasteiger partial charge in [0, 0.05) is 6.54 Å². The van der Waals surface area contributed by atoms with Gasteiger partial charge in [-0.3, -0.25) is 0 Å². The van der Waals surface area contributed by atoms with E-state index >= 15 is 0 Å². The quantitative estimate of drug-likeness (QED) is 0.501. The Kier molecular flexibility index (Phi) is 5.75. The van der Waals surface area contributed by atoms with Crippen LogP contribution in [0, 0.1) is 0 Å². The SMILES string of the molecule is NS(=O)(=O)CCCNC(=O)NC1(C(=O)O)CCCCC1. The molecule has 20 heavy (non-hydrogen) atoms. The zero-order chi connectivity index (χ0) is 15.2. The van der Waals surface area contributed by atoms with Gasteiger partial charge < -0.3 is 15.7 Å². The standard InChI is InChI=1S/C11H21N3O5S/c12-20(18,19)8-4-7-13-10(17)14-11(9(15)16)5-2-1-3-6-11/h1-8H2,(H,15,16)(H2,12,18,19)(H2,13,14,17). The Bertz CT molecular complexity index is 457. The maximum atomic E-state index is 11.7. The number of carboxylic acids is 1. The molecule has 1 fully saturated rings. The number of nitrogens with one attached hydrogen (secondary N) is 2. The molecule has 0 bridgehead atoms. The smallest absolute Gasteiger partial charge is 0.329 e. The average molecular weight is 307 g/mol. The third-order valence-corrected chi connectivity index (χ3v) is 4.22. The fourth-order valence-electron chi connectivity index (χ4n) is 2.28. The molecule has 5 N–H and O–H groups in total. The highest BCUT2D eigenvalue weighted by Gasteiger charge is 2.40. The molecule has 0 saturated heterocycles. The summed E-state index contributed by atoms with van der Waals surface area (Å²) >= 11 is 0. The lowest BCUT2D eigenvalue weighted by atomic mass is 9.82. The van der Waals surface area contributed by atoms with Crippen LogP contribution in [-0.2, 0) is 14.8 Å². The van der Waals surface area contributed by atoms with Crippen LogP contribution in [0.1, 0.15) is 38.5 Å². The number of nitrogens with two attached hydrogens (primary N) is 1. The molecule has 0 atom stereocenters. The highest BCUT2D eigenvalue weighted by molar-refractivity contribution is 7.89. The fourth-order valence-corrected chi connectivity index (χ4v) is 2.83. The van der Waals surface area contributed by atoms with Crippen molar-refractivity contribution in [2.24, 2.45) is 5.14 Å². The van der Waals surface area contributed by atoms with Crippen LogP contribution < -0.4 is 15.8 Å². The van der Waals surface area contributed by atoms with Gasteiger partial charge in [-0.25, -0.2) is 23.1 Å². The Morgan fingerprint density at radius 1 is 1.20 bits per heavy atom. The Hall–Kier alpha value is -1.35. The number of carbonyl (C=O) groups excluding carboxylic acids is 1. The molecule has 0 aromatic carbocycles. The predicted molar refractivity (Wildman–Crippen MR) is 72.6 cm³/mol. The lowest BCUT2D eigenvalue weighted by Crippen LogP contribution is -2.58. The van der Waals surface area contributed by atoms with Crippen LogP contribution in [0.5, 0.6) is 0 Å². The van der Waals surface area contributed by atoms with Crippen molar-refractivity contribution in [3.63, 3.8) is 0 Å². The number of carboxylic acid groups (broad SMARTS) is 1. The number of urea groups is 1. The number of amides is 2. The molecule has 0 aromatic rings. The summed E-state index contributed by atoms with van der Waals surface area (Å²) < 4.78 is 21.4. The highest BCUT2D eigenvalue weighted by Crippen LogP contribution is 2.28. The number of hydrogen-bond acceptors (Lipinski definition) is 4. The summed E-state index contributed by atoms with van der Waals surface area (Å²) in [5.74, 6) is -1.26. The number of sulfonamides is 1. The van der Waals surface area contributed by atoms with E-state index in [9.17, 15) is 23.1 Å². The first-order chi connectivity index (χ1) is 9.25. The average Bonchev–Trinajstić information content (AvgIpc) is 2.34. The van der Waals surface area contributed by atoms with Crippen LogP contribution in [0.25, 0.3) is 0 Å². The number of aliphatic carboxylic acids is 1. The summed E-state index contributed by atoms with van der Waals surface area (Å²) in [5, 5.41) is 19.1. The summed E-state index contributed by atoms with van der Waals surface area (Å²) in [7, 11) is -3.54. The van der Waals surface area contributed by atoms with Crippen molar-refractivity contribution in [3.8, 4) is 0 Å². The Balaban J connectivity index is 2.41. The second-order valence-corrected chi connectivity index (χ2v) is 6.78. The third kappa shape index (κ3) is 5.33. The number of carbonyl (C=O) groups is 2. The van der Waals surface area contributed by atoms with Crippen LogP contribution >= 0.6 is 0 Å². The van der Waals surface area contributed by atoms with Crippen molar-refractivity contribution in [1.82, 2.24) is 10.6 Å². The van der Waals surface area contributed by atoms with E-state index in [4.69, 9.17) is 5.14 Å². The van der Waals surface area contributed by atoms with Gasteiger partial charge >= 0.3 is 12.0 Å². The molecule has 0 aliphatic heterocycles. The first-order valence-electron chi connectivity index (χ1n) is 6.55. The van der Waals surface area contributed by atoms with Gasteiger partial charge in [0.2, 0.25) is 10.0 Å². The van der Waals surface area contributed by atoms with Gasteiger partial charge in [-0.05, 0) is 19.3 Å². The Morgan fingerprint density at radius 3 is 2.30 bits per heavy atom. The monoisotopic (exact) mass is 307 g/mol. The first-order valence-corrected chi connectivity index (χ1v) is 8.27. The molecule has 0 unspecified atom stereocenters. The molecule has 0 heterocycles. The highest BCUT2D eigenvalue weighted by atomic mass is 32.2. The van der Waals surface area contributed by atoms with Crippen molar-refractivity contribution in [2.45, 2.75) is 44.1 Å². The number of primary sulfonamides is 1. The van der Waals surface area contributed by atoms with Crippen molar-refractivity contribution in [2.75, 3.05) is 12.3 Å².